The smallest absolute Gasteiger partial charge is 0.246 e. The first kappa shape index (κ1) is 13.5. The highest BCUT2D eigenvalue weighted by molar-refractivity contribution is 5.64. The second-order valence-electron chi connectivity index (χ2n) is 4.07. The summed E-state index contributed by atoms with van der Waals surface area (Å²) in [6, 6.07) is 6.37. The van der Waals surface area contributed by atoms with Crippen LogP contribution in [0.2, 0.25) is 0 Å². The van der Waals surface area contributed by atoms with Crippen LogP contribution in [0.15, 0.2) is 30.3 Å². The number of benzene rings is 1. The fourth-order valence-electron chi connectivity index (χ4n) is 1.68. The van der Waals surface area contributed by atoms with E-state index in [0.29, 0.717) is 5.69 Å². The van der Waals surface area contributed by atoms with E-state index in [4.69, 9.17) is 0 Å². The number of rotatable bonds is 2. The molecule has 0 aliphatic heterocycles. The number of hydrogen-bond donors (Lipinski definition) is 0. The van der Waals surface area contributed by atoms with Gasteiger partial charge >= 0.3 is 6.18 Å². The third-order valence-corrected chi connectivity index (χ3v) is 2.62. The molecule has 0 unspecified atom stereocenters. The van der Waals surface area contributed by atoms with Gasteiger partial charge in [-0.1, -0.05) is 12.1 Å². The van der Waals surface area contributed by atoms with Crippen LogP contribution in [0.5, 0.6) is 0 Å². The first-order valence-corrected chi connectivity index (χ1v) is 5.48. The lowest BCUT2D eigenvalue weighted by molar-refractivity contribution is -0.137. The van der Waals surface area contributed by atoms with Crippen molar-refractivity contribution in [3.05, 3.63) is 47.2 Å². The third-order valence-electron chi connectivity index (χ3n) is 2.62. The molecule has 1 heterocycles. The molecule has 0 atom stereocenters. The molecule has 0 spiro atoms. The molecule has 6 heteroatoms. The zero-order chi connectivity index (χ0) is 14.0. The Bertz CT molecular complexity index is 576. The second kappa shape index (κ2) is 4.95. The molecule has 0 fully saturated rings. The van der Waals surface area contributed by atoms with Gasteiger partial charge in [-0.3, -0.25) is 0 Å². The van der Waals surface area contributed by atoms with Crippen molar-refractivity contribution >= 4 is 0 Å². The first-order chi connectivity index (χ1) is 8.91. The minimum Gasteiger partial charge on any atom is -0.246 e. The fraction of sp³-hybridized carbons (Fsp3) is 0.231. The third kappa shape index (κ3) is 2.89. The van der Waals surface area contributed by atoms with E-state index < -0.39 is 18.4 Å². The van der Waals surface area contributed by atoms with Gasteiger partial charge in [0.1, 0.15) is 6.67 Å². The number of aromatic nitrogens is 2. The molecular formula is C13H10F4N2. The van der Waals surface area contributed by atoms with Gasteiger partial charge in [0.25, 0.3) is 0 Å². The summed E-state index contributed by atoms with van der Waals surface area (Å²) in [5, 5.41) is 7.46. The van der Waals surface area contributed by atoms with Crippen LogP contribution >= 0.6 is 0 Å². The van der Waals surface area contributed by atoms with Crippen LogP contribution in [-0.2, 0) is 12.9 Å². The minimum absolute atomic E-state index is 0.0175. The standard InChI is InChI=1S/C13H10F4N2/c1-8-2-5-12(19-18-8)10-4-3-9(7-14)6-11(10)13(15,16)17/h2-6H,7H2,1H3. The van der Waals surface area contributed by atoms with Crippen molar-refractivity contribution in [2.45, 2.75) is 19.8 Å². The second-order valence-corrected chi connectivity index (χ2v) is 4.07. The van der Waals surface area contributed by atoms with Crippen LogP contribution in [0.1, 0.15) is 16.8 Å². The van der Waals surface area contributed by atoms with Crippen LogP contribution in [0.3, 0.4) is 0 Å². The molecule has 0 amide bonds. The Morgan fingerprint density at radius 3 is 2.32 bits per heavy atom. The highest BCUT2D eigenvalue weighted by atomic mass is 19.4. The highest BCUT2D eigenvalue weighted by Gasteiger charge is 2.34. The van der Waals surface area contributed by atoms with Gasteiger partial charge in [-0.25, -0.2) is 4.39 Å². The van der Waals surface area contributed by atoms with Crippen LogP contribution in [0.25, 0.3) is 11.3 Å². The number of halogens is 4. The van der Waals surface area contributed by atoms with Crippen LogP contribution in [0.4, 0.5) is 17.6 Å². The average Bonchev–Trinajstić information content (AvgIpc) is 2.38. The van der Waals surface area contributed by atoms with E-state index in [1.165, 1.54) is 18.2 Å². The molecular weight excluding hydrogens is 260 g/mol. The van der Waals surface area contributed by atoms with Gasteiger partial charge in [-0.2, -0.15) is 23.4 Å². The summed E-state index contributed by atoms with van der Waals surface area (Å²) in [6.45, 7) is 0.747. The van der Waals surface area contributed by atoms with E-state index in [1.54, 1.807) is 13.0 Å². The molecule has 1 aromatic heterocycles. The maximum absolute atomic E-state index is 13.0. The van der Waals surface area contributed by atoms with Crippen molar-refractivity contribution in [2.24, 2.45) is 0 Å². The number of alkyl halides is 4. The van der Waals surface area contributed by atoms with Crippen molar-refractivity contribution in [2.75, 3.05) is 0 Å². The Morgan fingerprint density at radius 1 is 1.05 bits per heavy atom. The minimum atomic E-state index is -4.56. The lowest BCUT2D eigenvalue weighted by Gasteiger charge is -2.13. The van der Waals surface area contributed by atoms with Crippen LogP contribution in [-0.4, -0.2) is 10.2 Å². The molecule has 0 aliphatic rings. The predicted octanol–water partition coefficient (Wildman–Crippen LogP) is 3.94. The molecule has 0 saturated carbocycles. The number of aryl methyl sites for hydroxylation is 1. The summed E-state index contributed by atoms with van der Waals surface area (Å²) < 4.78 is 51.4. The summed E-state index contributed by atoms with van der Waals surface area (Å²) in [4.78, 5) is 0. The van der Waals surface area contributed by atoms with Gasteiger partial charge < -0.3 is 0 Å². The molecule has 0 bridgehead atoms. The zero-order valence-electron chi connectivity index (χ0n) is 10.0. The Kier molecular flexibility index (Phi) is 3.50. The largest absolute Gasteiger partial charge is 0.417 e. The highest BCUT2D eigenvalue weighted by Crippen LogP contribution is 2.37. The first-order valence-electron chi connectivity index (χ1n) is 5.48. The zero-order valence-corrected chi connectivity index (χ0v) is 10.0. The number of nitrogens with zero attached hydrogens (tertiary/aromatic N) is 2. The lowest BCUT2D eigenvalue weighted by atomic mass is 10.0. The van der Waals surface area contributed by atoms with Gasteiger partial charge in [0.15, 0.2) is 0 Å². The summed E-state index contributed by atoms with van der Waals surface area (Å²) in [5.41, 5.74) is -0.296. The maximum atomic E-state index is 13.0. The predicted molar refractivity (Wildman–Crippen MR) is 62.0 cm³/mol. The summed E-state index contributed by atoms with van der Waals surface area (Å²) in [5.74, 6) is 0. The molecule has 100 valence electrons. The molecule has 2 rings (SSSR count). The van der Waals surface area contributed by atoms with Crippen molar-refractivity contribution in [1.82, 2.24) is 10.2 Å². The van der Waals surface area contributed by atoms with Gasteiger partial charge in [0.2, 0.25) is 0 Å². The molecule has 2 nitrogen and oxygen atoms in total. The van der Waals surface area contributed by atoms with Gasteiger partial charge in [0, 0.05) is 5.56 Å². The van der Waals surface area contributed by atoms with Crippen LogP contribution in [0, 0.1) is 6.92 Å². The molecule has 0 N–H and O–H groups in total. The SMILES string of the molecule is Cc1ccc(-c2ccc(CF)cc2C(F)(F)F)nn1. The van der Waals surface area contributed by atoms with Crippen molar-refractivity contribution in [3.8, 4) is 11.3 Å². The van der Waals surface area contributed by atoms with Crippen molar-refractivity contribution < 1.29 is 17.6 Å². The molecule has 0 radical (unpaired) electrons. The lowest BCUT2D eigenvalue weighted by Crippen LogP contribution is -2.08. The summed E-state index contributed by atoms with van der Waals surface area (Å²) in [7, 11) is 0. The maximum Gasteiger partial charge on any atom is 0.417 e. The van der Waals surface area contributed by atoms with E-state index in [1.807, 2.05) is 0 Å². The number of hydrogen-bond acceptors (Lipinski definition) is 2. The molecule has 2 aromatic rings. The van der Waals surface area contributed by atoms with E-state index in [2.05, 4.69) is 10.2 Å². The monoisotopic (exact) mass is 270 g/mol. The van der Waals surface area contributed by atoms with E-state index in [9.17, 15) is 17.6 Å². The quantitative estimate of drug-likeness (QED) is 0.772. The van der Waals surface area contributed by atoms with Gasteiger partial charge in [-0.05, 0) is 30.7 Å². The van der Waals surface area contributed by atoms with E-state index >= 15 is 0 Å². The molecule has 0 aliphatic carbocycles. The van der Waals surface area contributed by atoms with E-state index in [-0.39, 0.29) is 16.8 Å². The van der Waals surface area contributed by atoms with E-state index in [0.717, 1.165) is 6.07 Å². The Hall–Kier alpha value is -1.98. The van der Waals surface area contributed by atoms with Crippen LogP contribution < -0.4 is 0 Å². The Balaban J connectivity index is 2.59. The molecule has 19 heavy (non-hydrogen) atoms. The molecule has 1 aromatic carbocycles. The van der Waals surface area contributed by atoms with Gasteiger partial charge in [0.05, 0.1) is 17.0 Å². The summed E-state index contributed by atoms with van der Waals surface area (Å²) in [6.07, 6.45) is -4.56. The van der Waals surface area contributed by atoms with Crippen molar-refractivity contribution in [1.29, 1.82) is 0 Å². The normalized spacial score (nSPS) is 11.6. The van der Waals surface area contributed by atoms with Gasteiger partial charge in [-0.15, -0.1) is 0 Å². The van der Waals surface area contributed by atoms with Crippen molar-refractivity contribution in [3.63, 3.8) is 0 Å². The summed E-state index contributed by atoms with van der Waals surface area (Å²) >= 11 is 0. The Morgan fingerprint density at radius 2 is 1.79 bits per heavy atom. The fourth-order valence-corrected chi connectivity index (χ4v) is 1.68. The molecule has 0 saturated heterocycles. The average molecular weight is 270 g/mol. The topological polar surface area (TPSA) is 25.8 Å². The Labute approximate surface area is 107 Å².